The number of para-hydroxylation sites is 2. The third-order valence-corrected chi connectivity index (χ3v) is 5.48. The van der Waals surface area contributed by atoms with Crippen molar-refractivity contribution in [2.24, 2.45) is 0 Å². The van der Waals surface area contributed by atoms with Crippen LogP contribution < -0.4 is 10.2 Å². The Morgan fingerprint density at radius 3 is 2.62 bits per heavy atom. The van der Waals surface area contributed by atoms with Crippen LogP contribution in [0.25, 0.3) is 11.8 Å². The molecule has 0 unspecified atom stereocenters. The molecular formula is C24H21N5O2S. The largest absolute Gasteiger partial charge is 0.348 e. The first kappa shape index (κ1) is 21.2. The van der Waals surface area contributed by atoms with Crippen LogP contribution in [0.1, 0.15) is 18.2 Å². The van der Waals surface area contributed by atoms with Crippen molar-refractivity contribution in [3.63, 3.8) is 0 Å². The Labute approximate surface area is 189 Å². The number of carbonyl (C=O) groups is 2. The van der Waals surface area contributed by atoms with E-state index < -0.39 is 0 Å². The summed E-state index contributed by atoms with van der Waals surface area (Å²) >= 11 is 1.34. The van der Waals surface area contributed by atoms with Crippen LogP contribution in [0.5, 0.6) is 0 Å². The van der Waals surface area contributed by atoms with Crippen molar-refractivity contribution in [1.82, 2.24) is 20.1 Å². The molecule has 160 valence electrons. The van der Waals surface area contributed by atoms with Gasteiger partial charge >= 0.3 is 0 Å². The topological polar surface area (TPSA) is 80.1 Å². The molecule has 2 aromatic carbocycles. The first-order chi connectivity index (χ1) is 15.6. The van der Waals surface area contributed by atoms with Crippen molar-refractivity contribution in [3.05, 3.63) is 95.8 Å². The van der Waals surface area contributed by atoms with Crippen LogP contribution in [0.4, 0.5) is 10.8 Å². The van der Waals surface area contributed by atoms with Crippen molar-refractivity contribution in [1.29, 1.82) is 0 Å². The van der Waals surface area contributed by atoms with E-state index in [2.05, 4.69) is 15.4 Å². The number of thiazole rings is 1. The van der Waals surface area contributed by atoms with Gasteiger partial charge in [-0.05, 0) is 35.9 Å². The molecule has 0 fully saturated rings. The quantitative estimate of drug-likeness (QED) is 0.431. The van der Waals surface area contributed by atoms with E-state index in [1.807, 2.05) is 72.2 Å². The summed E-state index contributed by atoms with van der Waals surface area (Å²) in [6.07, 6.45) is 6.65. The smallest absolute Gasteiger partial charge is 0.244 e. The number of rotatable bonds is 7. The normalized spacial score (nSPS) is 10.9. The van der Waals surface area contributed by atoms with Crippen LogP contribution in [-0.4, -0.2) is 26.6 Å². The van der Waals surface area contributed by atoms with Gasteiger partial charge in [0.15, 0.2) is 5.13 Å². The number of anilines is 2. The first-order valence-corrected chi connectivity index (χ1v) is 10.8. The fourth-order valence-corrected chi connectivity index (χ4v) is 4.01. The Morgan fingerprint density at radius 2 is 1.88 bits per heavy atom. The van der Waals surface area contributed by atoms with Crippen LogP contribution in [0.15, 0.2) is 84.5 Å². The second-order valence-corrected chi connectivity index (χ2v) is 7.71. The Bertz CT molecular complexity index is 1230. The summed E-state index contributed by atoms with van der Waals surface area (Å²) in [5.41, 5.74) is 3.22. The zero-order valence-electron chi connectivity index (χ0n) is 17.4. The number of hydrogen-bond acceptors (Lipinski definition) is 5. The predicted octanol–water partition coefficient (Wildman–Crippen LogP) is 4.34. The molecule has 32 heavy (non-hydrogen) atoms. The number of amides is 2. The Hall–Kier alpha value is -4.04. The van der Waals surface area contributed by atoms with Crippen molar-refractivity contribution >= 4 is 40.0 Å². The molecule has 2 aromatic heterocycles. The van der Waals surface area contributed by atoms with Crippen LogP contribution in [-0.2, 0) is 16.1 Å². The maximum Gasteiger partial charge on any atom is 0.244 e. The zero-order chi connectivity index (χ0) is 22.3. The number of nitrogens with zero attached hydrogens (tertiary/aromatic N) is 4. The molecule has 2 heterocycles. The fourth-order valence-electron chi connectivity index (χ4n) is 3.16. The van der Waals surface area contributed by atoms with Gasteiger partial charge in [0.05, 0.1) is 17.1 Å². The summed E-state index contributed by atoms with van der Waals surface area (Å²) in [5.74, 6) is -0.365. The molecule has 7 nitrogen and oxygen atoms in total. The maximum absolute atomic E-state index is 12.3. The third kappa shape index (κ3) is 4.98. The Morgan fingerprint density at radius 1 is 1.09 bits per heavy atom. The summed E-state index contributed by atoms with van der Waals surface area (Å²) < 4.78 is 1.77. The molecule has 0 radical (unpaired) electrons. The average Bonchev–Trinajstić information content (AvgIpc) is 3.50. The molecular weight excluding hydrogens is 422 g/mol. The minimum Gasteiger partial charge on any atom is -0.348 e. The lowest BCUT2D eigenvalue weighted by atomic mass is 10.2. The van der Waals surface area contributed by atoms with Gasteiger partial charge in [-0.15, -0.1) is 11.3 Å². The summed E-state index contributed by atoms with van der Waals surface area (Å²) in [6.45, 7) is 1.87. The predicted molar refractivity (Wildman–Crippen MR) is 126 cm³/mol. The lowest BCUT2D eigenvalue weighted by molar-refractivity contribution is -0.117. The second-order valence-electron chi connectivity index (χ2n) is 6.88. The van der Waals surface area contributed by atoms with E-state index in [1.165, 1.54) is 24.3 Å². The second kappa shape index (κ2) is 9.84. The maximum atomic E-state index is 12.3. The van der Waals surface area contributed by atoms with Gasteiger partial charge in [0.25, 0.3) is 0 Å². The fraction of sp³-hybridized carbons (Fsp3) is 0.0833. The molecule has 0 aliphatic heterocycles. The van der Waals surface area contributed by atoms with E-state index in [9.17, 15) is 9.59 Å². The molecule has 0 saturated carbocycles. The van der Waals surface area contributed by atoms with Crippen LogP contribution >= 0.6 is 11.3 Å². The van der Waals surface area contributed by atoms with Crippen molar-refractivity contribution in [2.75, 3.05) is 4.90 Å². The SMILES string of the molecule is CC(=O)N(c1ccccc1)c1nc(/C=C/C(=O)NCc2ccccc2-n2cccn2)cs1. The highest BCUT2D eigenvalue weighted by atomic mass is 32.1. The third-order valence-electron chi connectivity index (χ3n) is 4.63. The summed E-state index contributed by atoms with van der Waals surface area (Å²) in [7, 11) is 0. The highest BCUT2D eigenvalue weighted by Gasteiger charge is 2.17. The number of benzene rings is 2. The van der Waals surface area contributed by atoms with E-state index in [0.717, 1.165) is 16.9 Å². The van der Waals surface area contributed by atoms with E-state index >= 15 is 0 Å². The molecule has 0 spiro atoms. The summed E-state index contributed by atoms with van der Waals surface area (Å²) in [4.78, 5) is 30.5. The summed E-state index contributed by atoms with van der Waals surface area (Å²) in [5, 5.41) is 9.51. The highest BCUT2D eigenvalue weighted by Crippen LogP contribution is 2.29. The molecule has 4 rings (SSSR count). The molecule has 0 atom stereocenters. The van der Waals surface area contributed by atoms with Crippen molar-refractivity contribution < 1.29 is 9.59 Å². The van der Waals surface area contributed by atoms with Gasteiger partial charge in [-0.1, -0.05) is 36.4 Å². The molecule has 0 saturated heterocycles. The Balaban J connectivity index is 1.41. The lowest BCUT2D eigenvalue weighted by Gasteiger charge is -2.17. The van der Waals surface area contributed by atoms with Gasteiger partial charge in [-0.25, -0.2) is 9.67 Å². The summed E-state index contributed by atoms with van der Waals surface area (Å²) in [6, 6.07) is 19.0. The number of hydrogen-bond donors (Lipinski definition) is 1. The number of aromatic nitrogens is 3. The first-order valence-electron chi connectivity index (χ1n) is 9.97. The monoisotopic (exact) mass is 443 g/mol. The minimum absolute atomic E-state index is 0.130. The molecule has 2 amide bonds. The highest BCUT2D eigenvalue weighted by molar-refractivity contribution is 7.14. The van der Waals surface area contributed by atoms with Crippen LogP contribution in [0, 0.1) is 0 Å². The Kier molecular flexibility index (Phi) is 6.52. The van der Waals surface area contributed by atoms with Crippen molar-refractivity contribution in [3.8, 4) is 5.69 Å². The molecule has 0 aliphatic rings. The zero-order valence-corrected chi connectivity index (χ0v) is 18.2. The van der Waals surface area contributed by atoms with Gasteiger partial charge in [0.1, 0.15) is 0 Å². The molecule has 8 heteroatoms. The van der Waals surface area contributed by atoms with Gasteiger partial charge in [0.2, 0.25) is 11.8 Å². The molecule has 1 N–H and O–H groups in total. The van der Waals surface area contributed by atoms with Gasteiger partial charge in [0, 0.05) is 37.3 Å². The average molecular weight is 444 g/mol. The van der Waals surface area contributed by atoms with Gasteiger partial charge in [-0.3, -0.25) is 14.5 Å². The molecule has 0 bridgehead atoms. The van der Waals surface area contributed by atoms with E-state index in [1.54, 1.807) is 21.9 Å². The van der Waals surface area contributed by atoms with E-state index in [0.29, 0.717) is 17.4 Å². The lowest BCUT2D eigenvalue weighted by Crippen LogP contribution is -2.22. The number of carbonyl (C=O) groups excluding carboxylic acids is 2. The van der Waals surface area contributed by atoms with Crippen molar-refractivity contribution in [2.45, 2.75) is 13.5 Å². The van der Waals surface area contributed by atoms with E-state index in [-0.39, 0.29) is 11.8 Å². The standard InChI is InChI=1S/C24H21N5O2S/c1-18(30)29(21-9-3-2-4-10-21)24-27-20(17-32-24)12-13-23(31)25-16-19-8-5-6-11-22(19)28-15-7-14-26-28/h2-15,17H,16H2,1H3,(H,25,31)/b13-12+. The van der Waals surface area contributed by atoms with Crippen LogP contribution in [0.2, 0.25) is 0 Å². The van der Waals surface area contributed by atoms with Gasteiger partial charge < -0.3 is 5.32 Å². The van der Waals surface area contributed by atoms with Crippen LogP contribution in [0.3, 0.4) is 0 Å². The van der Waals surface area contributed by atoms with E-state index in [4.69, 9.17) is 0 Å². The molecule has 4 aromatic rings. The minimum atomic E-state index is -0.235. The van der Waals surface area contributed by atoms with Gasteiger partial charge in [-0.2, -0.15) is 5.10 Å². The molecule has 0 aliphatic carbocycles. The number of nitrogens with one attached hydrogen (secondary N) is 1.